The first kappa shape index (κ1) is 44.0. The van der Waals surface area contributed by atoms with Gasteiger partial charge >= 0.3 is 11.9 Å². The van der Waals surface area contributed by atoms with Crippen LogP contribution >= 0.6 is 0 Å². The number of aliphatic hydroxyl groups is 3. The largest absolute Gasteiger partial charge is 0.462 e. The Morgan fingerprint density at radius 3 is 2.06 bits per heavy atom. The lowest BCUT2D eigenvalue weighted by Gasteiger charge is -2.16. The third-order valence-corrected chi connectivity index (χ3v) is 9.29. The molecule has 0 heterocycles. The van der Waals surface area contributed by atoms with Crippen molar-refractivity contribution in [3.05, 3.63) is 24.3 Å². The number of ether oxygens (including phenoxy) is 2. The second-order valence-electron chi connectivity index (χ2n) is 14.3. The molecule has 0 aliphatic heterocycles. The number of carbonyl (C=O) groups excluding carboxylic acids is 3. The number of hydrogen-bond acceptors (Lipinski definition) is 8. The number of esters is 2. The molecule has 1 aliphatic carbocycles. The molecule has 0 unspecified atom stereocenters. The zero-order valence-electron chi connectivity index (χ0n) is 30.6. The van der Waals surface area contributed by atoms with Crippen LogP contribution in [0.2, 0.25) is 0 Å². The number of unbranched alkanes of at least 4 members (excludes halogenated alkanes) is 13. The van der Waals surface area contributed by atoms with Crippen molar-refractivity contribution in [2.75, 3.05) is 13.2 Å². The SMILES string of the molecule is CCCCC[C@H](O)/C=C/[C@H]1[C@H](O)CC(=O)[C@@H]1C/C=C\CCCC(=O)O[C@@H](CO)COC(=O)CCCCCCCCCCCCCC(C)C. The summed E-state index contributed by atoms with van der Waals surface area (Å²) in [5, 5.41) is 30.1. The van der Waals surface area contributed by atoms with Crippen LogP contribution in [0.5, 0.6) is 0 Å². The molecule has 1 saturated carbocycles. The fraction of sp³-hybridized carbons (Fsp3) is 0.825. The molecule has 5 atom stereocenters. The van der Waals surface area contributed by atoms with Crippen LogP contribution in [0.3, 0.4) is 0 Å². The first-order valence-electron chi connectivity index (χ1n) is 19.4. The minimum atomic E-state index is -0.873. The van der Waals surface area contributed by atoms with Gasteiger partial charge in [-0.25, -0.2) is 0 Å². The maximum atomic E-state index is 12.4. The highest BCUT2D eigenvalue weighted by atomic mass is 16.6. The van der Waals surface area contributed by atoms with E-state index in [9.17, 15) is 29.7 Å². The average molecular weight is 679 g/mol. The van der Waals surface area contributed by atoms with Gasteiger partial charge in [-0.1, -0.05) is 135 Å². The second kappa shape index (κ2) is 28.8. The Hall–Kier alpha value is -2.03. The molecule has 0 aromatic carbocycles. The van der Waals surface area contributed by atoms with Gasteiger partial charge in [0.25, 0.3) is 0 Å². The molecule has 0 spiro atoms. The summed E-state index contributed by atoms with van der Waals surface area (Å²) in [5.41, 5.74) is 0. The van der Waals surface area contributed by atoms with Crippen molar-refractivity contribution in [3.63, 3.8) is 0 Å². The number of ketones is 1. The Balaban J connectivity index is 2.14. The smallest absolute Gasteiger partial charge is 0.306 e. The van der Waals surface area contributed by atoms with Crippen molar-refractivity contribution in [1.29, 1.82) is 0 Å². The predicted octanol–water partition coefficient (Wildman–Crippen LogP) is 8.34. The number of rotatable bonds is 30. The maximum Gasteiger partial charge on any atom is 0.306 e. The van der Waals surface area contributed by atoms with Crippen molar-refractivity contribution < 1.29 is 39.2 Å². The molecular formula is C40H70O8. The van der Waals surface area contributed by atoms with Crippen LogP contribution in [-0.4, -0.2) is 64.6 Å². The average Bonchev–Trinajstić information content (AvgIpc) is 3.32. The quantitative estimate of drug-likeness (QED) is 0.0393. The summed E-state index contributed by atoms with van der Waals surface area (Å²) in [6.07, 6.45) is 26.0. The molecule has 1 fully saturated rings. The lowest BCUT2D eigenvalue weighted by molar-refractivity contribution is -0.161. The zero-order chi connectivity index (χ0) is 35.4. The Bertz CT molecular complexity index is 898. The van der Waals surface area contributed by atoms with E-state index in [1.54, 1.807) is 12.2 Å². The Labute approximate surface area is 292 Å². The van der Waals surface area contributed by atoms with Gasteiger partial charge in [-0.05, 0) is 38.0 Å². The first-order valence-corrected chi connectivity index (χ1v) is 19.4. The van der Waals surface area contributed by atoms with E-state index in [1.807, 2.05) is 12.2 Å². The molecule has 0 aromatic rings. The standard InChI is InChI=1S/C40H70O8/c1-4-5-17-23-33(42)27-28-36-35(37(43)29-38(36)44)24-19-15-16-21-26-40(46)48-34(30-41)31-47-39(45)25-20-14-12-10-8-6-7-9-11-13-18-22-32(2)3/h15,19,27-28,32-36,38,41-42,44H,4-14,16-18,20-26,29-31H2,1-3H3/b19-15-,28-27+/t33-,34-,35+,36+,38+/m0/s1. The molecule has 0 amide bonds. The van der Waals surface area contributed by atoms with Gasteiger partial charge in [0.1, 0.15) is 12.4 Å². The molecule has 1 aliphatic rings. The highest BCUT2D eigenvalue weighted by Crippen LogP contribution is 2.33. The van der Waals surface area contributed by atoms with E-state index in [0.29, 0.717) is 32.1 Å². The molecule has 0 radical (unpaired) electrons. The van der Waals surface area contributed by atoms with Crippen molar-refractivity contribution in [3.8, 4) is 0 Å². The third-order valence-electron chi connectivity index (χ3n) is 9.29. The molecule has 1 rings (SSSR count). The van der Waals surface area contributed by atoms with Crippen molar-refractivity contribution in [2.24, 2.45) is 17.8 Å². The highest BCUT2D eigenvalue weighted by Gasteiger charge is 2.39. The number of Topliss-reactive ketones (excluding diaryl/α,β-unsaturated/α-hetero) is 1. The molecule has 8 nitrogen and oxygen atoms in total. The van der Waals surface area contributed by atoms with E-state index < -0.39 is 30.9 Å². The summed E-state index contributed by atoms with van der Waals surface area (Å²) in [6, 6.07) is 0. The maximum absolute atomic E-state index is 12.4. The van der Waals surface area contributed by atoms with Gasteiger partial charge in [0.15, 0.2) is 6.10 Å². The molecule has 278 valence electrons. The lowest BCUT2D eigenvalue weighted by Crippen LogP contribution is -2.28. The van der Waals surface area contributed by atoms with E-state index in [1.165, 1.54) is 57.8 Å². The van der Waals surface area contributed by atoms with Gasteiger partial charge in [-0.2, -0.15) is 0 Å². The van der Waals surface area contributed by atoms with E-state index in [2.05, 4.69) is 20.8 Å². The Kier molecular flexibility index (Phi) is 26.4. The van der Waals surface area contributed by atoms with Gasteiger partial charge in [-0.15, -0.1) is 0 Å². The van der Waals surface area contributed by atoms with Gasteiger partial charge in [0, 0.05) is 31.1 Å². The van der Waals surface area contributed by atoms with Crippen molar-refractivity contribution >= 4 is 17.7 Å². The van der Waals surface area contributed by atoms with Crippen LogP contribution in [0.25, 0.3) is 0 Å². The van der Waals surface area contributed by atoms with Crippen LogP contribution < -0.4 is 0 Å². The van der Waals surface area contributed by atoms with E-state index in [-0.39, 0.29) is 43.0 Å². The summed E-state index contributed by atoms with van der Waals surface area (Å²) >= 11 is 0. The molecule has 3 N–H and O–H groups in total. The molecule has 48 heavy (non-hydrogen) atoms. The van der Waals surface area contributed by atoms with Crippen LogP contribution in [0.15, 0.2) is 24.3 Å². The third kappa shape index (κ3) is 22.6. The summed E-state index contributed by atoms with van der Waals surface area (Å²) in [5.74, 6) is -0.566. The van der Waals surface area contributed by atoms with Crippen LogP contribution in [0.1, 0.15) is 162 Å². The number of aliphatic hydroxyl groups excluding tert-OH is 3. The summed E-state index contributed by atoms with van der Waals surface area (Å²) in [4.78, 5) is 36.8. The Morgan fingerprint density at radius 2 is 1.44 bits per heavy atom. The monoisotopic (exact) mass is 679 g/mol. The van der Waals surface area contributed by atoms with E-state index >= 15 is 0 Å². The van der Waals surface area contributed by atoms with Crippen LogP contribution in [0, 0.1) is 17.8 Å². The summed E-state index contributed by atoms with van der Waals surface area (Å²) < 4.78 is 10.5. The summed E-state index contributed by atoms with van der Waals surface area (Å²) in [6.45, 7) is 6.13. The molecular weight excluding hydrogens is 608 g/mol. The first-order chi connectivity index (χ1) is 23.2. The normalized spacial score (nSPS) is 19.5. The van der Waals surface area contributed by atoms with E-state index in [4.69, 9.17) is 9.47 Å². The fourth-order valence-corrected chi connectivity index (χ4v) is 6.25. The van der Waals surface area contributed by atoms with Gasteiger partial charge in [-0.3, -0.25) is 14.4 Å². The molecule has 8 heteroatoms. The number of carbonyl (C=O) groups is 3. The molecule has 0 bridgehead atoms. The molecule has 0 saturated heterocycles. The van der Waals surface area contributed by atoms with Gasteiger partial charge in [0.2, 0.25) is 0 Å². The number of allylic oxidation sites excluding steroid dienone is 2. The number of hydrogen-bond donors (Lipinski definition) is 3. The van der Waals surface area contributed by atoms with E-state index in [0.717, 1.165) is 44.4 Å². The topological polar surface area (TPSA) is 130 Å². The lowest BCUT2D eigenvalue weighted by atomic mass is 9.90. The second-order valence-corrected chi connectivity index (χ2v) is 14.3. The zero-order valence-corrected chi connectivity index (χ0v) is 30.6. The van der Waals surface area contributed by atoms with Crippen molar-refractivity contribution in [2.45, 2.75) is 180 Å². The van der Waals surface area contributed by atoms with Crippen molar-refractivity contribution in [1.82, 2.24) is 0 Å². The van der Waals surface area contributed by atoms with Crippen LogP contribution in [0.4, 0.5) is 0 Å². The predicted molar refractivity (Wildman–Crippen MR) is 192 cm³/mol. The minimum Gasteiger partial charge on any atom is -0.462 e. The van der Waals surface area contributed by atoms with Crippen LogP contribution in [-0.2, 0) is 23.9 Å². The minimum absolute atomic E-state index is 0.0285. The highest BCUT2D eigenvalue weighted by molar-refractivity contribution is 5.84. The molecule has 0 aromatic heterocycles. The Morgan fingerprint density at radius 1 is 0.833 bits per heavy atom. The fourth-order valence-electron chi connectivity index (χ4n) is 6.25. The van der Waals surface area contributed by atoms with Gasteiger partial charge < -0.3 is 24.8 Å². The van der Waals surface area contributed by atoms with Gasteiger partial charge in [0.05, 0.1) is 18.8 Å². The summed E-state index contributed by atoms with van der Waals surface area (Å²) in [7, 11) is 0.